The van der Waals surface area contributed by atoms with E-state index in [9.17, 15) is 0 Å². The summed E-state index contributed by atoms with van der Waals surface area (Å²) in [5.74, 6) is 1.69. The van der Waals surface area contributed by atoms with E-state index in [1.807, 2.05) is 4.68 Å². The lowest BCUT2D eigenvalue weighted by Gasteiger charge is -2.23. The van der Waals surface area contributed by atoms with Crippen LogP contribution in [-0.4, -0.2) is 27.4 Å². The summed E-state index contributed by atoms with van der Waals surface area (Å²) in [6.45, 7) is 12.0. The van der Waals surface area contributed by atoms with Crippen molar-refractivity contribution in [3.8, 4) is 0 Å². The molecule has 2 unspecified atom stereocenters. The van der Waals surface area contributed by atoms with Gasteiger partial charge in [0, 0.05) is 18.5 Å². The average Bonchev–Trinajstić information content (AvgIpc) is 2.73. The standard InChI is InChI=1S/C13H26N4/c1-6-12(14-7-2)11(5)8-13-15-9-16-17(13)10(3)4/h9-12,14H,6-8H2,1-5H3. The summed E-state index contributed by atoms with van der Waals surface area (Å²) >= 11 is 0. The monoisotopic (exact) mass is 238 g/mol. The van der Waals surface area contributed by atoms with Crippen LogP contribution in [0.5, 0.6) is 0 Å². The Morgan fingerprint density at radius 3 is 2.53 bits per heavy atom. The van der Waals surface area contributed by atoms with Gasteiger partial charge in [-0.2, -0.15) is 5.10 Å². The summed E-state index contributed by atoms with van der Waals surface area (Å²) in [6, 6.07) is 0.955. The van der Waals surface area contributed by atoms with Gasteiger partial charge in [-0.15, -0.1) is 0 Å². The Bertz CT molecular complexity index is 319. The Balaban J connectivity index is 2.66. The predicted molar refractivity (Wildman–Crippen MR) is 71.0 cm³/mol. The van der Waals surface area contributed by atoms with Gasteiger partial charge >= 0.3 is 0 Å². The van der Waals surface area contributed by atoms with E-state index in [0.717, 1.165) is 25.2 Å². The van der Waals surface area contributed by atoms with Gasteiger partial charge in [-0.1, -0.05) is 20.8 Å². The van der Waals surface area contributed by atoms with Gasteiger partial charge in [0.2, 0.25) is 0 Å². The maximum absolute atomic E-state index is 4.38. The molecule has 0 fully saturated rings. The Morgan fingerprint density at radius 2 is 2.00 bits per heavy atom. The summed E-state index contributed by atoms with van der Waals surface area (Å²) in [5, 5.41) is 7.82. The lowest BCUT2D eigenvalue weighted by Crippen LogP contribution is -2.35. The molecule has 0 aliphatic carbocycles. The minimum Gasteiger partial charge on any atom is -0.314 e. The molecular weight excluding hydrogens is 212 g/mol. The van der Waals surface area contributed by atoms with Crippen LogP contribution in [0.25, 0.3) is 0 Å². The van der Waals surface area contributed by atoms with Gasteiger partial charge < -0.3 is 5.32 Å². The molecule has 1 N–H and O–H groups in total. The summed E-state index contributed by atoms with van der Waals surface area (Å²) in [6.07, 6.45) is 3.81. The summed E-state index contributed by atoms with van der Waals surface area (Å²) in [5.41, 5.74) is 0. The highest BCUT2D eigenvalue weighted by Crippen LogP contribution is 2.15. The topological polar surface area (TPSA) is 42.7 Å². The van der Waals surface area contributed by atoms with Crippen molar-refractivity contribution >= 4 is 0 Å². The molecule has 0 saturated carbocycles. The number of rotatable bonds is 7. The highest BCUT2D eigenvalue weighted by molar-refractivity contribution is 4.90. The van der Waals surface area contributed by atoms with Crippen LogP contribution in [0.15, 0.2) is 6.33 Å². The van der Waals surface area contributed by atoms with E-state index in [0.29, 0.717) is 18.0 Å². The van der Waals surface area contributed by atoms with Crippen molar-refractivity contribution in [2.75, 3.05) is 6.54 Å². The molecule has 0 aliphatic rings. The molecule has 1 rings (SSSR count). The lowest BCUT2D eigenvalue weighted by atomic mass is 9.95. The molecule has 98 valence electrons. The summed E-state index contributed by atoms with van der Waals surface area (Å²) in [4.78, 5) is 4.38. The van der Waals surface area contributed by atoms with Gasteiger partial charge in [0.25, 0.3) is 0 Å². The van der Waals surface area contributed by atoms with E-state index in [-0.39, 0.29) is 0 Å². The highest BCUT2D eigenvalue weighted by Gasteiger charge is 2.18. The van der Waals surface area contributed by atoms with Gasteiger partial charge in [0.1, 0.15) is 12.2 Å². The van der Waals surface area contributed by atoms with Crippen molar-refractivity contribution in [1.29, 1.82) is 0 Å². The van der Waals surface area contributed by atoms with Crippen molar-refractivity contribution < 1.29 is 0 Å². The smallest absolute Gasteiger partial charge is 0.138 e. The van der Waals surface area contributed by atoms with Crippen LogP contribution < -0.4 is 5.32 Å². The zero-order valence-corrected chi connectivity index (χ0v) is 11.8. The van der Waals surface area contributed by atoms with E-state index in [4.69, 9.17) is 0 Å². The van der Waals surface area contributed by atoms with Gasteiger partial charge in [-0.05, 0) is 32.7 Å². The molecule has 0 amide bonds. The summed E-state index contributed by atoms with van der Waals surface area (Å²) < 4.78 is 2.02. The Hall–Kier alpha value is -0.900. The molecule has 0 saturated heterocycles. The number of nitrogens with zero attached hydrogens (tertiary/aromatic N) is 3. The highest BCUT2D eigenvalue weighted by atomic mass is 15.3. The number of aromatic nitrogens is 3. The molecule has 0 radical (unpaired) electrons. The molecule has 1 aromatic rings. The third-order valence-electron chi connectivity index (χ3n) is 3.23. The zero-order valence-electron chi connectivity index (χ0n) is 11.8. The first-order chi connectivity index (χ1) is 8.10. The molecule has 4 heteroatoms. The maximum Gasteiger partial charge on any atom is 0.138 e. The molecule has 2 atom stereocenters. The first-order valence-corrected chi connectivity index (χ1v) is 6.71. The van der Waals surface area contributed by atoms with E-state index in [1.54, 1.807) is 6.33 Å². The predicted octanol–water partition coefficient (Wildman–Crippen LogP) is 2.43. The van der Waals surface area contributed by atoms with Crippen LogP contribution in [0.2, 0.25) is 0 Å². The fraction of sp³-hybridized carbons (Fsp3) is 0.846. The van der Waals surface area contributed by atoms with Crippen molar-refractivity contribution in [1.82, 2.24) is 20.1 Å². The molecule has 1 aromatic heterocycles. The minimum atomic E-state index is 0.388. The first kappa shape index (κ1) is 14.2. The third kappa shape index (κ3) is 3.80. The molecular formula is C13H26N4. The SMILES string of the molecule is CCNC(CC)C(C)Cc1ncnn1C(C)C. The van der Waals surface area contributed by atoms with Crippen LogP contribution in [0.1, 0.15) is 52.9 Å². The van der Waals surface area contributed by atoms with Gasteiger partial charge in [0.05, 0.1) is 0 Å². The third-order valence-corrected chi connectivity index (χ3v) is 3.23. The number of hydrogen-bond donors (Lipinski definition) is 1. The van der Waals surface area contributed by atoms with Crippen molar-refractivity contribution in [2.24, 2.45) is 5.92 Å². The Morgan fingerprint density at radius 1 is 1.29 bits per heavy atom. The van der Waals surface area contributed by atoms with Crippen LogP contribution in [0.4, 0.5) is 0 Å². The molecule has 0 aliphatic heterocycles. The van der Waals surface area contributed by atoms with Crippen LogP contribution in [0.3, 0.4) is 0 Å². The average molecular weight is 238 g/mol. The molecule has 17 heavy (non-hydrogen) atoms. The zero-order chi connectivity index (χ0) is 12.8. The van der Waals surface area contributed by atoms with Crippen molar-refractivity contribution in [3.63, 3.8) is 0 Å². The normalized spacial score (nSPS) is 15.2. The van der Waals surface area contributed by atoms with Gasteiger partial charge in [0.15, 0.2) is 0 Å². The van der Waals surface area contributed by atoms with Crippen LogP contribution >= 0.6 is 0 Å². The number of nitrogens with one attached hydrogen (secondary N) is 1. The maximum atomic E-state index is 4.38. The van der Waals surface area contributed by atoms with Gasteiger partial charge in [-0.25, -0.2) is 9.67 Å². The lowest BCUT2D eigenvalue weighted by molar-refractivity contribution is 0.356. The van der Waals surface area contributed by atoms with Gasteiger partial charge in [-0.3, -0.25) is 0 Å². The summed E-state index contributed by atoms with van der Waals surface area (Å²) in [7, 11) is 0. The quantitative estimate of drug-likeness (QED) is 0.793. The van der Waals surface area contributed by atoms with E-state index < -0.39 is 0 Å². The number of hydrogen-bond acceptors (Lipinski definition) is 3. The molecule has 1 heterocycles. The minimum absolute atomic E-state index is 0.388. The second kappa shape index (κ2) is 6.74. The first-order valence-electron chi connectivity index (χ1n) is 6.71. The van der Waals surface area contributed by atoms with E-state index in [1.165, 1.54) is 0 Å². The Labute approximate surface area is 105 Å². The fourth-order valence-electron chi connectivity index (χ4n) is 2.29. The van der Waals surface area contributed by atoms with Crippen LogP contribution in [0, 0.1) is 5.92 Å². The Kier molecular flexibility index (Phi) is 5.62. The largest absolute Gasteiger partial charge is 0.314 e. The van der Waals surface area contributed by atoms with Crippen LogP contribution in [-0.2, 0) is 6.42 Å². The second-order valence-electron chi connectivity index (χ2n) is 4.97. The van der Waals surface area contributed by atoms with E-state index in [2.05, 4.69) is 50.0 Å². The van der Waals surface area contributed by atoms with Crippen molar-refractivity contribution in [3.05, 3.63) is 12.2 Å². The molecule has 0 spiro atoms. The van der Waals surface area contributed by atoms with E-state index >= 15 is 0 Å². The molecule has 4 nitrogen and oxygen atoms in total. The fourth-order valence-corrected chi connectivity index (χ4v) is 2.29. The molecule has 0 aromatic carbocycles. The van der Waals surface area contributed by atoms with Crippen molar-refractivity contribution in [2.45, 2.75) is 59.5 Å². The molecule has 0 bridgehead atoms. The second-order valence-corrected chi connectivity index (χ2v) is 4.97.